The Morgan fingerprint density at radius 2 is 0.655 bits per heavy atom. The van der Waals surface area contributed by atoms with Gasteiger partial charge in [-0.1, -0.05) is 282 Å². The van der Waals surface area contributed by atoms with Crippen LogP contribution in [-0.2, 0) is 33.3 Å². The summed E-state index contributed by atoms with van der Waals surface area (Å²) in [5.74, 6) is -2.03. The Labute approximate surface area is 534 Å². The molecule has 0 saturated carbocycles. The second kappa shape index (κ2) is 67.1. The minimum atomic E-state index is -1.52. The minimum absolute atomic E-state index is 0.177. The molecule has 9 heteroatoms. The number of nitrogens with zero attached hydrogens (tertiary/aromatic N) is 1. The first-order chi connectivity index (χ1) is 42.6. The Kier molecular flexibility index (Phi) is 63.4. The van der Waals surface area contributed by atoms with Crippen molar-refractivity contribution in [3.63, 3.8) is 0 Å². The molecule has 0 saturated heterocycles. The van der Waals surface area contributed by atoms with Crippen molar-refractivity contribution in [1.29, 1.82) is 0 Å². The van der Waals surface area contributed by atoms with E-state index in [2.05, 4.69) is 160 Å². The van der Waals surface area contributed by atoms with Crippen molar-refractivity contribution in [3.8, 4) is 0 Å². The highest BCUT2D eigenvalue weighted by Crippen LogP contribution is 2.16. The van der Waals surface area contributed by atoms with Crippen LogP contribution >= 0.6 is 0 Å². The first-order valence-electron chi connectivity index (χ1n) is 35.0. The lowest BCUT2D eigenvalue weighted by Crippen LogP contribution is -2.40. The van der Waals surface area contributed by atoms with E-state index in [-0.39, 0.29) is 32.2 Å². The monoisotopic (exact) mass is 1210 g/mol. The summed E-state index contributed by atoms with van der Waals surface area (Å²) in [6.07, 6.45) is 95.2. The lowest BCUT2D eigenvalue weighted by molar-refractivity contribution is -0.870. The number of esters is 2. The molecule has 0 radical (unpaired) electrons. The van der Waals surface area contributed by atoms with Crippen LogP contribution in [0.1, 0.15) is 271 Å². The molecular weight excluding hydrogens is 1080 g/mol. The summed E-state index contributed by atoms with van der Waals surface area (Å²) in [6.45, 7) is 4.74. The zero-order chi connectivity index (χ0) is 63.3. The van der Waals surface area contributed by atoms with Crippen LogP contribution in [0.3, 0.4) is 0 Å². The number of allylic oxidation sites excluding steroid dienone is 24. The maximum atomic E-state index is 12.9. The van der Waals surface area contributed by atoms with Crippen LogP contribution in [-0.4, -0.2) is 87.4 Å². The predicted octanol–water partition coefficient (Wildman–Crippen LogP) is 21.9. The molecule has 0 aliphatic heterocycles. The summed E-state index contributed by atoms with van der Waals surface area (Å²) in [6, 6.07) is 0. The zero-order valence-corrected chi connectivity index (χ0v) is 56.4. The van der Waals surface area contributed by atoms with Crippen LogP contribution in [0, 0.1) is 0 Å². The van der Waals surface area contributed by atoms with Crippen molar-refractivity contribution >= 4 is 17.9 Å². The molecule has 0 fully saturated rings. The summed E-state index contributed by atoms with van der Waals surface area (Å²) in [7, 11) is 5.96. The third-order valence-electron chi connectivity index (χ3n) is 14.6. The van der Waals surface area contributed by atoms with Crippen LogP contribution in [0.25, 0.3) is 0 Å². The maximum Gasteiger partial charge on any atom is 0.361 e. The number of likely N-dealkylation sites (N-methyl/N-ethyl adjacent to an activating group) is 1. The Morgan fingerprint density at radius 1 is 0.356 bits per heavy atom. The normalized spacial score (nSPS) is 13.6. The molecule has 0 aromatic carbocycles. The van der Waals surface area contributed by atoms with Crippen LogP contribution in [0.2, 0.25) is 0 Å². The van der Waals surface area contributed by atoms with Gasteiger partial charge in [-0.05, 0) is 122 Å². The Balaban J connectivity index is 4.22. The van der Waals surface area contributed by atoms with Crippen LogP contribution < -0.4 is 0 Å². The molecule has 2 unspecified atom stereocenters. The van der Waals surface area contributed by atoms with Gasteiger partial charge >= 0.3 is 17.9 Å². The van der Waals surface area contributed by atoms with Gasteiger partial charge in [0.25, 0.3) is 6.29 Å². The summed E-state index contributed by atoms with van der Waals surface area (Å²) < 4.78 is 22.9. The summed E-state index contributed by atoms with van der Waals surface area (Å²) in [5, 5.41) is 9.75. The number of aliphatic carboxylic acids is 1. The maximum absolute atomic E-state index is 12.9. The minimum Gasteiger partial charge on any atom is -0.477 e. The van der Waals surface area contributed by atoms with Crippen LogP contribution in [0.4, 0.5) is 0 Å². The Bertz CT molecular complexity index is 1940. The molecule has 0 aliphatic rings. The number of ether oxygens (including phenoxy) is 4. The van der Waals surface area contributed by atoms with Gasteiger partial charge in [0.05, 0.1) is 34.4 Å². The van der Waals surface area contributed by atoms with E-state index in [1.54, 1.807) is 0 Å². The van der Waals surface area contributed by atoms with Gasteiger partial charge in [-0.15, -0.1) is 0 Å². The van der Waals surface area contributed by atoms with Gasteiger partial charge in [0.1, 0.15) is 13.2 Å². The average molecular weight is 1210 g/mol. The fraction of sp³-hybridized carbons (Fsp3) is 0.654. The molecule has 1 N–H and O–H groups in total. The summed E-state index contributed by atoms with van der Waals surface area (Å²) in [5.41, 5.74) is 0. The van der Waals surface area contributed by atoms with E-state index in [0.717, 1.165) is 128 Å². The molecular formula is C78H130NO8+. The third kappa shape index (κ3) is 68.5. The smallest absolute Gasteiger partial charge is 0.361 e. The number of carboxylic acids is 1. The van der Waals surface area contributed by atoms with Crippen molar-refractivity contribution in [1.82, 2.24) is 0 Å². The van der Waals surface area contributed by atoms with Crippen LogP contribution in [0.15, 0.2) is 146 Å². The molecule has 0 aromatic heterocycles. The van der Waals surface area contributed by atoms with Gasteiger partial charge < -0.3 is 28.5 Å². The van der Waals surface area contributed by atoms with Gasteiger partial charge in [0.15, 0.2) is 6.10 Å². The SMILES string of the molecule is CC/C=C\C/C=C\C/C=C\C/C=C\C/C=C\C/C=C\C/C=C\C/C=C\C/C=C\C/C=C\CCCCCCCCC(=O)OC(COC(=O)CCCCCCCCCCCCCCC/C=C\C/C=C\CCCCCCC)COC(OCC[N+](C)(C)C)C(=O)O. The highest BCUT2D eigenvalue weighted by molar-refractivity contribution is 5.71. The molecule has 0 amide bonds. The van der Waals surface area contributed by atoms with Crippen molar-refractivity contribution in [2.75, 3.05) is 47.5 Å². The van der Waals surface area contributed by atoms with Gasteiger partial charge in [-0.25, -0.2) is 4.79 Å². The molecule has 494 valence electrons. The summed E-state index contributed by atoms with van der Waals surface area (Å²) >= 11 is 0. The highest BCUT2D eigenvalue weighted by Gasteiger charge is 2.25. The van der Waals surface area contributed by atoms with Gasteiger partial charge in [0.2, 0.25) is 0 Å². The fourth-order valence-corrected chi connectivity index (χ4v) is 9.25. The number of rotatable bonds is 63. The van der Waals surface area contributed by atoms with Crippen molar-refractivity contribution in [3.05, 3.63) is 146 Å². The highest BCUT2D eigenvalue weighted by atomic mass is 16.7. The second-order valence-electron chi connectivity index (χ2n) is 24.1. The standard InChI is InChI=1S/C78H129NO8/c1-6-8-10-12-14-16-18-20-22-24-26-28-30-32-33-34-35-36-37-38-39-40-41-42-43-45-47-49-51-53-55-57-59-61-63-65-67-69-76(81)87-74(73-86-78(77(82)83)84-71-70-79(3,4)5)72-85-75(80)68-66-64-62-60-58-56-54-52-50-48-46-44-31-29-27-25-23-21-19-17-15-13-11-9-7-2/h8,10,14,16,19-22,25-28,32-33,35-36,38-39,41-42,45,47,51,53,74,78H,6-7,9,11-13,15,17-18,23-24,29-31,34,37,40,43-44,46,48-50,52,54-73H2,1-5H3/p+1/b10-8-,16-14-,21-19-,22-20-,27-25-,28-26-,33-32-,36-35-,39-38-,42-41-,47-45-,53-51-. The fourth-order valence-electron chi connectivity index (χ4n) is 9.25. The number of carbonyl (C=O) groups is 3. The van der Waals surface area contributed by atoms with Crippen molar-refractivity contribution in [2.45, 2.75) is 283 Å². The quantitative estimate of drug-likeness (QED) is 0.0211. The van der Waals surface area contributed by atoms with E-state index >= 15 is 0 Å². The molecule has 2 atom stereocenters. The Morgan fingerprint density at radius 3 is 0.977 bits per heavy atom. The molecule has 87 heavy (non-hydrogen) atoms. The largest absolute Gasteiger partial charge is 0.477 e. The predicted molar refractivity (Wildman–Crippen MR) is 373 cm³/mol. The molecule has 0 heterocycles. The number of carboxylic acid groups (broad SMARTS) is 1. The Hall–Kier alpha value is -4.83. The number of quaternary nitrogens is 1. The molecule has 9 nitrogen and oxygen atoms in total. The lowest BCUT2D eigenvalue weighted by Gasteiger charge is -2.25. The van der Waals surface area contributed by atoms with Crippen molar-refractivity contribution in [2.24, 2.45) is 0 Å². The zero-order valence-electron chi connectivity index (χ0n) is 56.4. The number of hydrogen-bond donors (Lipinski definition) is 1. The molecule has 0 aliphatic carbocycles. The van der Waals surface area contributed by atoms with E-state index in [9.17, 15) is 19.5 Å². The average Bonchev–Trinajstić information content (AvgIpc) is 3.57. The van der Waals surface area contributed by atoms with Crippen molar-refractivity contribution < 1.29 is 42.9 Å². The van der Waals surface area contributed by atoms with E-state index in [4.69, 9.17) is 18.9 Å². The van der Waals surface area contributed by atoms with Gasteiger partial charge in [-0.2, -0.15) is 0 Å². The number of unbranched alkanes of at least 4 members (excludes halogenated alkanes) is 24. The molecule has 0 spiro atoms. The van der Waals surface area contributed by atoms with E-state index < -0.39 is 24.3 Å². The third-order valence-corrected chi connectivity index (χ3v) is 14.6. The van der Waals surface area contributed by atoms with Crippen LogP contribution in [0.5, 0.6) is 0 Å². The number of hydrogen-bond acceptors (Lipinski definition) is 7. The lowest BCUT2D eigenvalue weighted by atomic mass is 10.0. The first kappa shape index (κ1) is 82.2. The van der Waals surface area contributed by atoms with Gasteiger partial charge in [0, 0.05) is 12.8 Å². The topological polar surface area (TPSA) is 108 Å². The number of carbonyl (C=O) groups excluding carboxylic acids is 2. The molecule has 0 aromatic rings. The van der Waals surface area contributed by atoms with E-state index in [1.807, 2.05) is 21.1 Å². The summed E-state index contributed by atoms with van der Waals surface area (Å²) in [4.78, 5) is 37.6. The molecule has 0 bridgehead atoms. The van der Waals surface area contributed by atoms with Gasteiger partial charge in [-0.3, -0.25) is 9.59 Å². The second-order valence-corrected chi connectivity index (χ2v) is 24.1. The molecule has 0 rings (SSSR count). The van der Waals surface area contributed by atoms with E-state index in [0.29, 0.717) is 23.9 Å². The van der Waals surface area contributed by atoms with E-state index in [1.165, 1.54) is 109 Å². The first-order valence-corrected chi connectivity index (χ1v) is 35.0.